The summed E-state index contributed by atoms with van der Waals surface area (Å²) in [6, 6.07) is 13.2. The second kappa shape index (κ2) is 11.2. The van der Waals surface area contributed by atoms with Gasteiger partial charge >= 0.3 is 0 Å². The first-order valence-corrected chi connectivity index (χ1v) is 14.4. The predicted molar refractivity (Wildman–Crippen MR) is 154 cm³/mol. The molecule has 0 spiro atoms. The van der Waals surface area contributed by atoms with E-state index < -0.39 is 21.7 Å². The first-order valence-electron chi connectivity index (χ1n) is 12.6. The van der Waals surface area contributed by atoms with Crippen LogP contribution in [0.25, 0.3) is 10.9 Å². The minimum Gasteiger partial charge on any atom is -0.365 e. The molecule has 1 aliphatic rings. The third kappa shape index (κ3) is 5.93. The number of hydrogen-bond donors (Lipinski definition) is 5. The number of pyridine rings is 2. The molecule has 0 saturated heterocycles. The average Bonchev–Trinajstić information content (AvgIpc) is 2.91. The maximum Gasteiger partial charge on any atom is 0.261 e. The van der Waals surface area contributed by atoms with E-state index in [-0.39, 0.29) is 39.9 Å². The number of carbonyl (C=O) groups excluding carboxylic acids is 1. The Morgan fingerprint density at radius 2 is 1.80 bits per heavy atom. The van der Waals surface area contributed by atoms with E-state index in [0.29, 0.717) is 21.6 Å². The molecule has 2 aromatic carbocycles. The summed E-state index contributed by atoms with van der Waals surface area (Å²) in [5.41, 5.74) is 12.7. The van der Waals surface area contributed by atoms with E-state index in [1.807, 2.05) is 0 Å². The van der Waals surface area contributed by atoms with Crippen LogP contribution in [-0.4, -0.2) is 36.4 Å². The van der Waals surface area contributed by atoms with Crippen molar-refractivity contribution in [2.24, 2.45) is 11.5 Å². The minimum atomic E-state index is -3.90. The van der Waals surface area contributed by atoms with Gasteiger partial charge in [0.05, 0.1) is 33.5 Å². The van der Waals surface area contributed by atoms with Crippen LogP contribution in [0.3, 0.4) is 0 Å². The Bertz CT molecular complexity index is 1690. The third-order valence-electron chi connectivity index (χ3n) is 6.72. The molecule has 40 heavy (non-hydrogen) atoms. The number of nitrogens with zero attached hydrogens (tertiary/aromatic N) is 2. The SMILES string of the molecule is NC(=O)c1cc(F)c(N[C@@H]2CCCC[C@@H]2N)nc1Nc1cnc2c(NS(=O)(=O)c3ccc(Cl)cc3)cccc2c1. The van der Waals surface area contributed by atoms with Crippen LogP contribution < -0.4 is 26.8 Å². The topological polar surface area (TPSA) is 165 Å². The number of nitrogens with two attached hydrogens (primary N) is 2. The fraction of sp³-hybridized carbons (Fsp3) is 0.222. The van der Waals surface area contributed by atoms with Crippen LogP contribution in [0.15, 0.2) is 65.7 Å². The number of primary amides is 1. The van der Waals surface area contributed by atoms with E-state index in [4.69, 9.17) is 23.1 Å². The lowest BCUT2D eigenvalue weighted by Crippen LogP contribution is -2.43. The summed E-state index contributed by atoms with van der Waals surface area (Å²) in [5.74, 6) is -1.57. The zero-order valence-corrected chi connectivity index (χ0v) is 22.8. The molecule has 1 fully saturated rings. The van der Waals surface area contributed by atoms with Crippen molar-refractivity contribution in [3.63, 3.8) is 0 Å². The molecule has 208 valence electrons. The number of para-hydroxylation sites is 1. The van der Waals surface area contributed by atoms with Gasteiger partial charge in [-0.05, 0) is 55.3 Å². The molecule has 0 bridgehead atoms. The van der Waals surface area contributed by atoms with Gasteiger partial charge in [0.25, 0.3) is 15.9 Å². The number of sulfonamides is 1. The molecular formula is C27H27ClFN7O3S. The van der Waals surface area contributed by atoms with Gasteiger partial charge in [0.15, 0.2) is 11.6 Å². The van der Waals surface area contributed by atoms with Crippen LogP contribution in [0.1, 0.15) is 36.0 Å². The van der Waals surface area contributed by atoms with Crippen molar-refractivity contribution in [2.45, 2.75) is 42.7 Å². The molecule has 1 aliphatic carbocycles. The zero-order valence-electron chi connectivity index (χ0n) is 21.2. The lowest BCUT2D eigenvalue weighted by Gasteiger charge is -2.30. The van der Waals surface area contributed by atoms with Crippen molar-refractivity contribution in [1.29, 1.82) is 0 Å². The van der Waals surface area contributed by atoms with Gasteiger partial charge in [0.1, 0.15) is 5.82 Å². The second-order valence-corrected chi connectivity index (χ2v) is 11.7. The first-order chi connectivity index (χ1) is 19.1. The van der Waals surface area contributed by atoms with Gasteiger partial charge in [-0.2, -0.15) is 0 Å². The highest BCUT2D eigenvalue weighted by molar-refractivity contribution is 7.92. The molecule has 2 atom stereocenters. The van der Waals surface area contributed by atoms with Crippen molar-refractivity contribution in [1.82, 2.24) is 9.97 Å². The molecule has 4 aromatic rings. The highest BCUT2D eigenvalue weighted by Gasteiger charge is 2.25. The number of rotatable bonds is 8. The summed E-state index contributed by atoms with van der Waals surface area (Å²) < 4.78 is 43.2. The number of amides is 1. The van der Waals surface area contributed by atoms with Crippen molar-refractivity contribution in [2.75, 3.05) is 15.4 Å². The van der Waals surface area contributed by atoms with Crippen LogP contribution in [0, 0.1) is 5.82 Å². The number of benzene rings is 2. The number of fused-ring (bicyclic) bond motifs is 1. The zero-order chi connectivity index (χ0) is 28.4. The summed E-state index contributed by atoms with van der Waals surface area (Å²) in [4.78, 5) is 20.9. The van der Waals surface area contributed by atoms with Crippen LogP contribution in [-0.2, 0) is 10.0 Å². The molecule has 2 heterocycles. The highest BCUT2D eigenvalue weighted by atomic mass is 35.5. The third-order valence-corrected chi connectivity index (χ3v) is 8.36. The van der Waals surface area contributed by atoms with Gasteiger partial charge in [-0.25, -0.2) is 17.8 Å². The number of hydrogen-bond acceptors (Lipinski definition) is 8. The van der Waals surface area contributed by atoms with Crippen molar-refractivity contribution < 1.29 is 17.6 Å². The Labute approximate surface area is 235 Å². The van der Waals surface area contributed by atoms with E-state index in [2.05, 4.69) is 25.3 Å². The van der Waals surface area contributed by atoms with Crippen LogP contribution >= 0.6 is 11.6 Å². The Balaban J connectivity index is 1.44. The largest absolute Gasteiger partial charge is 0.365 e. The van der Waals surface area contributed by atoms with Gasteiger partial charge in [0.2, 0.25) is 0 Å². The van der Waals surface area contributed by atoms with Crippen molar-refractivity contribution in [3.05, 3.63) is 77.2 Å². The highest BCUT2D eigenvalue weighted by Crippen LogP contribution is 2.30. The minimum absolute atomic E-state index is 0.0394. The molecule has 1 amide bonds. The number of aromatic nitrogens is 2. The molecule has 2 aromatic heterocycles. The standard InChI is InChI=1S/C27H27ClFN7O3S/c28-16-8-10-18(11-9-16)40(38,39)36-23-7-3-4-15-12-17(14-32-24(15)23)33-26-19(25(31)37)13-20(29)27(35-26)34-22-6-2-1-5-21(22)30/h3-4,7-14,21-22,36H,1-2,5-6,30H2,(H2,31,37)(H2,33,34,35)/t21-,22+/m0/s1. The Hall–Kier alpha value is -4.00. The summed E-state index contributed by atoms with van der Waals surface area (Å²) in [6.45, 7) is 0. The van der Waals surface area contributed by atoms with Crippen LogP contribution in [0.5, 0.6) is 0 Å². The van der Waals surface area contributed by atoms with Gasteiger partial charge in [-0.15, -0.1) is 0 Å². The predicted octanol–water partition coefficient (Wildman–Crippen LogP) is 4.75. The number of nitrogens with one attached hydrogen (secondary N) is 3. The van der Waals surface area contributed by atoms with E-state index in [1.165, 1.54) is 30.5 Å². The number of carbonyl (C=O) groups is 1. The van der Waals surface area contributed by atoms with Crippen LogP contribution in [0.4, 0.5) is 27.4 Å². The molecule has 0 unspecified atom stereocenters. The van der Waals surface area contributed by atoms with E-state index in [0.717, 1.165) is 31.7 Å². The number of halogens is 2. The quantitative estimate of drug-likeness (QED) is 0.198. The molecule has 0 aliphatic heterocycles. The Kier molecular flexibility index (Phi) is 7.74. The summed E-state index contributed by atoms with van der Waals surface area (Å²) >= 11 is 5.88. The van der Waals surface area contributed by atoms with Gasteiger partial charge in [-0.1, -0.05) is 36.6 Å². The van der Waals surface area contributed by atoms with Gasteiger partial charge in [0, 0.05) is 22.5 Å². The molecule has 10 nitrogen and oxygen atoms in total. The average molecular weight is 584 g/mol. The summed E-state index contributed by atoms with van der Waals surface area (Å²) in [5, 5.41) is 7.08. The van der Waals surface area contributed by atoms with Gasteiger partial charge in [-0.3, -0.25) is 14.5 Å². The summed E-state index contributed by atoms with van der Waals surface area (Å²) in [7, 11) is -3.90. The Morgan fingerprint density at radius 3 is 2.52 bits per heavy atom. The molecule has 7 N–H and O–H groups in total. The number of anilines is 4. The maximum atomic E-state index is 14.9. The van der Waals surface area contributed by atoms with E-state index in [9.17, 15) is 17.6 Å². The van der Waals surface area contributed by atoms with E-state index >= 15 is 0 Å². The lowest BCUT2D eigenvalue weighted by atomic mass is 9.91. The fourth-order valence-corrected chi connectivity index (χ4v) is 5.85. The Morgan fingerprint density at radius 1 is 1.05 bits per heavy atom. The first kappa shape index (κ1) is 27.6. The fourth-order valence-electron chi connectivity index (χ4n) is 4.65. The molecule has 0 radical (unpaired) electrons. The molecule has 5 rings (SSSR count). The molecule has 1 saturated carbocycles. The molecular weight excluding hydrogens is 557 g/mol. The van der Waals surface area contributed by atoms with Crippen LogP contribution in [0.2, 0.25) is 5.02 Å². The van der Waals surface area contributed by atoms with Gasteiger partial charge < -0.3 is 22.1 Å². The monoisotopic (exact) mass is 583 g/mol. The normalized spacial score (nSPS) is 17.4. The van der Waals surface area contributed by atoms with Crippen molar-refractivity contribution in [3.8, 4) is 0 Å². The van der Waals surface area contributed by atoms with Crippen molar-refractivity contribution >= 4 is 61.4 Å². The van der Waals surface area contributed by atoms with E-state index in [1.54, 1.807) is 24.3 Å². The summed E-state index contributed by atoms with van der Waals surface area (Å²) in [6.07, 6.45) is 5.04. The maximum absolute atomic E-state index is 14.9. The lowest BCUT2D eigenvalue weighted by molar-refractivity contribution is 0.100. The smallest absolute Gasteiger partial charge is 0.261 e. The second-order valence-electron chi connectivity index (χ2n) is 9.56. The molecule has 13 heteroatoms.